The Hall–Kier alpha value is -2.58. The lowest BCUT2D eigenvalue weighted by atomic mass is 9.72. The number of likely N-dealkylation sites (tertiary alicyclic amines) is 1. The van der Waals surface area contributed by atoms with E-state index in [1.54, 1.807) is 10.9 Å². The highest BCUT2D eigenvalue weighted by atomic mass is 16.3. The summed E-state index contributed by atoms with van der Waals surface area (Å²) in [6.07, 6.45) is 5.84. The average molecular weight is 384 g/mol. The van der Waals surface area contributed by atoms with E-state index < -0.39 is 0 Å². The van der Waals surface area contributed by atoms with Crippen LogP contribution in [0.3, 0.4) is 0 Å². The molecular weight excluding hydrogens is 356 g/mol. The number of aliphatic hydroxyl groups is 1. The van der Waals surface area contributed by atoms with Gasteiger partial charge >= 0.3 is 6.03 Å². The molecule has 150 valence electrons. The Bertz CT molecular complexity index is 777. The second-order valence-corrected chi connectivity index (χ2v) is 7.81. The fourth-order valence-electron chi connectivity index (χ4n) is 4.03. The van der Waals surface area contributed by atoms with E-state index in [2.05, 4.69) is 20.9 Å². The summed E-state index contributed by atoms with van der Waals surface area (Å²) >= 11 is 0. The maximum atomic E-state index is 12.4. The normalized spacial score (nSPS) is 18.7. The maximum Gasteiger partial charge on any atom is 0.317 e. The zero-order valence-electron chi connectivity index (χ0n) is 16.0. The Balaban J connectivity index is 1.19. The highest BCUT2D eigenvalue weighted by molar-refractivity contribution is 5.75. The molecule has 3 heterocycles. The van der Waals surface area contributed by atoms with Crippen molar-refractivity contribution in [3.05, 3.63) is 48.3 Å². The van der Waals surface area contributed by atoms with Gasteiger partial charge in [0.05, 0.1) is 25.0 Å². The predicted octanol–water partition coefficient (Wildman–Crippen LogP) is 1.51. The minimum atomic E-state index is 0.0336. The number of hydrogen-bond donors (Lipinski definition) is 3. The Morgan fingerprint density at radius 2 is 1.93 bits per heavy atom. The Morgan fingerprint density at radius 3 is 2.64 bits per heavy atom. The van der Waals surface area contributed by atoms with Crippen LogP contribution in [0, 0.1) is 5.41 Å². The summed E-state index contributed by atoms with van der Waals surface area (Å²) < 4.78 is 1.73. The fourth-order valence-corrected chi connectivity index (χ4v) is 4.03. The third-order valence-corrected chi connectivity index (χ3v) is 5.70. The van der Waals surface area contributed by atoms with Crippen molar-refractivity contribution < 1.29 is 9.90 Å². The molecule has 0 unspecified atom stereocenters. The smallest absolute Gasteiger partial charge is 0.317 e. The van der Waals surface area contributed by atoms with E-state index in [0.29, 0.717) is 13.1 Å². The van der Waals surface area contributed by atoms with Crippen LogP contribution in [0.15, 0.2) is 42.7 Å². The quantitative estimate of drug-likeness (QED) is 0.703. The molecular formula is C20H28N6O2. The number of hydrazine groups is 1. The van der Waals surface area contributed by atoms with Crippen molar-refractivity contribution in [2.75, 3.05) is 38.2 Å². The Morgan fingerprint density at radius 1 is 1.18 bits per heavy atom. The van der Waals surface area contributed by atoms with Crippen LogP contribution < -0.4 is 10.7 Å². The van der Waals surface area contributed by atoms with Crippen LogP contribution in [0.1, 0.15) is 18.4 Å². The largest absolute Gasteiger partial charge is 0.394 e. The molecule has 2 saturated heterocycles. The predicted molar refractivity (Wildman–Crippen MR) is 106 cm³/mol. The minimum absolute atomic E-state index is 0.0336. The molecule has 28 heavy (non-hydrogen) atoms. The molecule has 8 heteroatoms. The third kappa shape index (κ3) is 4.28. The first-order valence-electron chi connectivity index (χ1n) is 9.87. The standard InChI is InChI=1S/C20H28N6O2/c27-11-10-26-14-18(13-22-26)23-25-8-6-20(7-9-25)15-24(16-20)19(28)21-12-17-4-2-1-3-5-17/h1-5,13-14,23,27H,6-12,15-16H2,(H,21,28). The number of carbonyl (C=O) groups is 1. The number of aromatic nitrogens is 2. The zero-order chi connectivity index (χ0) is 19.4. The van der Waals surface area contributed by atoms with Crippen molar-refractivity contribution in [1.29, 1.82) is 0 Å². The van der Waals surface area contributed by atoms with Crippen molar-refractivity contribution >= 4 is 11.7 Å². The molecule has 1 spiro atoms. The van der Waals surface area contributed by atoms with Gasteiger partial charge in [-0.05, 0) is 18.4 Å². The summed E-state index contributed by atoms with van der Waals surface area (Å²) in [4.78, 5) is 14.3. The first-order chi connectivity index (χ1) is 13.7. The lowest BCUT2D eigenvalue weighted by molar-refractivity contribution is -0.0166. The number of aliphatic hydroxyl groups excluding tert-OH is 1. The number of amides is 2. The van der Waals surface area contributed by atoms with E-state index in [1.165, 1.54) is 0 Å². The van der Waals surface area contributed by atoms with Gasteiger partial charge in [-0.3, -0.25) is 4.68 Å². The number of nitrogens with one attached hydrogen (secondary N) is 2. The summed E-state index contributed by atoms with van der Waals surface area (Å²) in [6, 6.07) is 10.0. The van der Waals surface area contributed by atoms with Crippen LogP contribution in [0.5, 0.6) is 0 Å². The number of piperidine rings is 1. The molecule has 0 aliphatic carbocycles. The molecule has 1 aromatic carbocycles. The van der Waals surface area contributed by atoms with E-state index >= 15 is 0 Å². The monoisotopic (exact) mass is 384 g/mol. The van der Waals surface area contributed by atoms with Gasteiger partial charge in [-0.15, -0.1) is 0 Å². The highest BCUT2D eigenvalue weighted by Gasteiger charge is 2.46. The van der Waals surface area contributed by atoms with Gasteiger partial charge in [0.15, 0.2) is 0 Å². The third-order valence-electron chi connectivity index (χ3n) is 5.70. The number of nitrogens with zero attached hydrogens (tertiary/aromatic N) is 4. The molecule has 2 fully saturated rings. The number of anilines is 1. The topological polar surface area (TPSA) is 85.7 Å². The molecule has 0 bridgehead atoms. The first-order valence-corrected chi connectivity index (χ1v) is 9.87. The van der Waals surface area contributed by atoms with Gasteiger partial charge in [-0.1, -0.05) is 30.3 Å². The van der Waals surface area contributed by atoms with Gasteiger partial charge in [-0.2, -0.15) is 5.10 Å². The second-order valence-electron chi connectivity index (χ2n) is 7.81. The fraction of sp³-hybridized carbons (Fsp3) is 0.500. The molecule has 0 atom stereocenters. The average Bonchev–Trinajstić information content (AvgIpc) is 3.13. The number of urea groups is 1. The Kier molecular flexibility index (Phi) is 5.50. The summed E-state index contributed by atoms with van der Waals surface area (Å²) in [5.74, 6) is 0. The van der Waals surface area contributed by atoms with Gasteiger partial charge in [-0.25, -0.2) is 9.80 Å². The first kappa shape index (κ1) is 18.8. The summed E-state index contributed by atoms with van der Waals surface area (Å²) in [5, 5.41) is 18.4. The van der Waals surface area contributed by atoms with Crippen LogP contribution in [0.2, 0.25) is 0 Å². The van der Waals surface area contributed by atoms with E-state index in [4.69, 9.17) is 5.11 Å². The van der Waals surface area contributed by atoms with Crippen LogP contribution in [-0.4, -0.2) is 63.6 Å². The Labute approximate surface area is 165 Å². The molecule has 1 aromatic heterocycles. The summed E-state index contributed by atoms with van der Waals surface area (Å²) in [5.41, 5.74) is 5.72. The van der Waals surface area contributed by atoms with Crippen molar-refractivity contribution in [2.45, 2.75) is 25.9 Å². The SMILES string of the molecule is O=C(NCc1ccccc1)N1CC2(CCN(Nc3cnn(CCO)c3)CC2)C1. The number of carbonyl (C=O) groups excluding carboxylic acids is 1. The summed E-state index contributed by atoms with van der Waals surface area (Å²) in [7, 11) is 0. The molecule has 2 amide bonds. The van der Waals surface area contributed by atoms with Crippen molar-refractivity contribution in [1.82, 2.24) is 25.0 Å². The molecule has 8 nitrogen and oxygen atoms in total. The van der Waals surface area contributed by atoms with Gasteiger partial charge in [0.25, 0.3) is 0 Å². The van der Waals surface area contributed by atoms with Crippen LogP contribution in [0.25, 0.3) is 0 Å². The van der Waals surface area contributed by atoms with Crippen LogP contribution >= 0.6 is 0 Å². The lowest BCUT2D eigenvalue weighted by Gasteiger charge is -2.53. The van der Waals surface area contributed by atoms with E-state index in [0.717, 1.165) is 50.3 Å². The second kappa shape index (κ2) is 8.20. The molecule has 4 rings (SSSR count). The summed E-state index contributed by atoms with van der Waals surface area (Å²) in [6.45, 7) is 4.75. The van der Waals surface area contributed by atoms with Crippen LogP contribution in [-0.2, 0) is 13.1 Å². The zero-order valence-corrected chi connectivity index (χ0v) is 16.0. The van der Waals surface area contributed by atoms with Crippen LogP contribution in [0.4, 0.5) is 10.5 Å². The molecule has 0 saturated carbocycles. The molecule has 3 N–H and O–H groups in total. The molecule has 2 aliphatic heterocycles. The van der Waals surface area contributed by atoms with Gasteiger partial charge in [0.2, 0.25) is 0 Å². The van der Waals surface area contributed by atoms with Crippen molar-refractivity contribution in [2.24, 2.45) is 5.41 Å². The highest BCUT2D eigenvalue weighted by Crippen LogP contribution is 2.40. The van der Waals surface area contributed by atoms with E-state index in [-0.39, 0.29) is 18.1 Å². The molecule has 0 radical (unpaired) electrons. The maximum absolute atomic E-state index is 12.4. The van der Waals surface area contributed by atoms with Crippen molar-refractivity contribution in [3.8, 4) is 0 Å². The van der Waals surface area contributed by atoms with Gasteiger partial charge < -0.3 is 20.7 Å². The molecule has 2 aromatic rings. The van der Waals surface area contributed by atoms with E-state index in [1.807, 2.05) is 41.4 Å². The van der Waals surface area contributed by atoms with Crippen molar-refractivity contribution in [3.63, 3.8) is 0 Å². The van der Waals surface area contributed by atoms with Gasteiger partial charge in [0, 0.05) is 44.3 Å². The van der Waals surface area contributed by atoms with E-state index in [9.17, 15) is 4.79 Å². The van der Waals surface area contributed by atoms with Gasteiger partial charge in [0.1, 0.15) is 0 Å². The number of benzene rings is 1. The molecule has 2 aliphatic rings. The number of hydrogen-bond acceptors (Lipinski definition) is 5. The minimum Gasteiger partial charge on any atom is -0.394 e. The lowest BCUT2D eigenvalue weighted by Crippen LogP contribution is -2.63. The number of rotatable bonds is 6.